The lowest BCUT2D eigenvalue weighted by Gasteiger charge is -2.34. The molecule has 1 saturated heterocycles. The summed E-state index contributed by atoms with van der Waals surface area (Å²) in [4.78, 5) is 23.7. The van der Waals surface area contributed by atoms with Gasteiger partial charge in [0.15, 0.2) is 0 Å². The van der Waals surface area contributed by atoms with E-state index in [9.17, 15) is 26.4 Å². The maximum atomic E-state index is 13.3. The Kier molecular flexibility index (Phi) is 7.07. The molecule has 2 atom stereocenters. The van der Waals surface area contributed by atoms with E-state index < -0.39 is 33.2 Å². The van der Waals surface area contributed by atoms with Crippen LogP contribution in [0.3, 0.4) is 0 Å². The first-order valence-electron chi connectivity index (χ1n) is 11.4. The lowest BCUT2D eigenvalue weighted by Crippen LogP contribution is -2.41. The van der Waals surface area contributed by atoms with Crippen molar-refractivity contribution >= 4 is 36.4 Å². The smallest absolute Gasteiger partial charge is 0.351 e. The molecule has 3 heterocycles. The highest BCUT2D eigenvalue weighted by Crippen LogP contribution is 2.38. The summed E-state index contributed by atoms with van der Waals surface area (Å²) in [6.45, 7) is 6.63. The first-order valence-corrected chi connectivity index (χ1v) is 13.5. The molecule has 37 heavy (non-hydrogen) atoms. The van der Waals surface area contributed by atoms with E-state index in [-0.39, 0.29) is 27.6 Å². The fourth-order valence-electron chi connectivity index (χ4n) is 4.64. The summed E-state index contributed by atoms with van der Waals surface area (Å²) in [7, 11) is -2.01. The molecule has 4 rings (SSSR count). The standard InChI is InChI=1S/C25H26F3N4O3PS/c1-15-13-24(2,3)32(14-15)21-18(22(33)31-37(34,35)20-5-4-12-29-23(20)36)10-11-19(30-21)16-6-8-17(9-7-16)25(26,27)28/h4-12,15H,13-14,36H2,1-3H3,(H,31,33)/t15-/m0/s1. The van der Waals surface area contributed by atoms with Gasteiger partial charge in [0.2, 0.25) is 0 Å². The van der Waals surface area contributed by atoms with Crippen LogP contribution in [0.2, 0.25) is 0 Å². The van der Waals surface area contributed by atoms with Crippen molar-refractivity contribution < 1.29 is 26.4 Å². The van der Waals surface area contributed by atoms with Crippen LogP contribution in [0.5, 0.6) is 0 Å². The van der Waals surface area contributed by atoms with E-state index in [4.69, 9.17) is 0 Å². The average Bonchev–Trinajstić information content (AvgIpc) is 3.09. The summed E-state index contributed by atoms with van der Waals surface area (Å²) in [6, 6.07) is 10.3. The summed E-state index contributed by atoms with van der Waals surface area (Å²) in [5.74, 6) is -0.331. The number of amides is 1. The van der Waals surface area contributed by atoms with Crippen LogP contribution in [0.4, 0.5) is 19.0 Å². The molecule has 1 aromatic carbocycles. The van der Waals surface area contributed by atoms with E-state index >= 15 is 0 Å². The van der Waals surface area contributed by atoms with Crippen LogP contribution in [0.15, 0.2) is 59.6 Å². The second-order valence-corrected chi connectivity index (χ2v) is 11.9. The summed E-state index contributed by atoms with van der Waals surface area (Å²) >= 11 is 0. The van der Waals surface area contributed by atoms with Crippen molar-refractivity contribution in [3.05, 3.63) is 65.9 Å². The number of halogens is 3. The number of rotatable bonds is 5. The molecule has 0 aliphatic carbocycles. The zero-order valence-electron chi connectivity index (χ0n) is 20.4. The van der Waals surface area contributed by atoms with Gasteiger partial charge >= 0.3 is 6.18 Å². The highest BCUT2D eigenvalue weighted by molar-refractivity contribution is 7.90. The number of aromatic nitrogens is 2. The fraction of sp³-hybridized carbons (Fsp3) is 0.320. The van der Waals surface area contributed by atoms with Gasteiger partial charge in [-0.1, -0.05) is 28.3 Å². The van der Waals surface area contributed by atoms with E-state index in [1.807, 2.05) is 18.7 Å². The van der Waals surface area contributed by atoms with Crippen LogP contribution in [0, 0.1) is 5.92 Å². The quantitative estimate of drug-likeness (QED) is 0.474. The molecule has 196 valence electrons. The van der Waals surface area contributed by atoms with Crippen molar-refractivity contribution in [2.24, 2.45) is 5.92 Å². The number of alkyl halides is 3. The lowest BCUT2D eigenvalue weighted by atomic mass is 9.97. The molecule has 1 fully saturated rings. The molecule has 7 nitrogen and oxygen atoms in total. The zero-order chi connectivity index (χ0) is 27.2. The van der Waals surface area contributed by atoms with E-state index in [0.717, 1.165) is 18.6 Å². The number of carbonyl (C=O) groups is 1. The Morgan fingerprint density at radius 1 is 1.14 bits per heavy atom. The van der Waals surface area contributed by atoms with Gasteiger partial charge in [-0.2, -0.15) is 13.2 Å². The van der Waals surface area contributed by atoms with E-state index in [2.05, 4.69) is 30.9 Å². The van der Waals surface area contributed by atoms with Crippen molar-refractivity contribution in [3.63, 3.8) is 0 Å². The Morgan fingerprint density at radius 2 is 1.81 bits per heavy atom. The summed E-state index contributed by atoms with van der Waals surface area (Å²) in [5.41, 5.74) is -0.185. The Morgan fingerprint density at radius 3 is 2.38 bits per heavy atom. The summed E-state index contributed by atoms with van der Waals surface area (Å²) in [5, 5.41) is 0. The monoisotopic (exact) mass is 550 g/mol. The lowest BCUT2D eigenvalue weighted by molar-refractivity contribution is -0.137. The van der Waals surface area contributed by atoms with Gasteiger partial charge < -0.3 is 4.90 Å². The number of nitrogens with zero attached hydrogens (tertiary/aromatic N) is 3. The summed E-state index contributed by atoms with van der Waals surface area (Å²) in [6.07, 6.45) is -2.22. The van der Waals surface area contributed by atoms with Gasteiger partial charge in [0, 0.05) is 23.8 Å². The first kappa shape index (κ1) is 27.0. The molecular weight excluding hydrogens is 524 g/mol. The van der Waals surface area contributed by atoms with Crippen molar-refractivity contribution in [2.45, 2.75) is 43.8 Å². The number of anilines is 1. The molecule has 3 aromatic rings. The highest BCUT2D eigenvalue weighted by atomic mass is 32.2. The number of benzene rings is 1. The van der Waals surface area contributed by atoms with E-state index in [0.29, 0.717) is 17.8 Å². The normalized spacial score (nSPS) is 17.6. The zero-order valence-corrected chi connectivity index (χ0v) is 22.3. The van der Waals surface area contributed by atoms with Gasteiger partial charge in [0.05, 0.1) is 22.3 Å². The van der Waals surface area contributed by atoms with Crippen LogP contribution in [0.1, 0.15) is 43.1 Å². The minimum atomic E-state index is -4.47. The van der Waals surface area contributed by atoms with E-state index in [1.54, 1.807) is 0 Å². The molecule has 0 bridgehead atoms. The van der Waals surface area contributed by atoms with Crippen molar-refractivity contribution in [1.29, 1.82) is 0 Å². The van der Waals surface area contributed by atoms with Gasteiger partial charge in [-0.05, 0) is 62.6 Å². The predicted molar refractivity (Wildman–Crippen MR) is 138 cm³/mol. The third kappa shape index (κ3) is 5.62. The number of nitrogens with one attached hydrogen (secondary N) is 1. The second kappa shape index (κ2) is 9.68. The maximum Gasteiger partial charge on any atom is 0.416 e. The predicted octanol–water partition coefficient (Wildman–Crippen LogP) is 4.41. The molecule has 2 aromatic heterocycles. The van der Waals surface area contributed by atoms with Crippen LogP contribution >= 0.6 is 9.24 Å². The average molecular weight is 551 g/mol. The molecule has 0 spiro atoms. The Labute approximate surface area is 215 Å². The van der Waals surface area contributed by atoms with Crippen LogP contribution in [-0.4, -0.2) is 36.4 Å². The molecule has 1 aliphatic rings. The minimum absolute atomic E-state index is 0.0376. The number of sulfonamides is 1. The third-order valence-corrected chi connectivity index (χ3v) is 8.32. The maximum absolute atomic E-state index is 13.3. The molecule has 1 amide bonds. The third-order valence-electron chi connectivity index (χ3n) is 6.27. The number of hydrogen-bond acceptors (Lipinski definition) is 6. The van der Waals surface area contributed by atoms with Gasteiger partial charge in [0.1, 0.15) is 10.7 Å². The van der Waals surface area contributed by atoms with E-state index in [1.165, 1.54) is 42.6 Å². The van der Waals surface area contributed by atoms with Crippen LogP contribution in [0.25, 0.3) is 11.3 Å². The first-order chi connectivity index (χ1) is 17.2. The number of pyridine rings is 2. The number of carbonyl (C=O) groups excluding carboxylic acids is 1. The van der Waals surface area contributed by atoms with Crippen LogP contribution < -0.4 is 15.1 Å². The molecule has 0 radical (unpaired) electrons. The van der Waals surface area contributed by atoms with Crippen molar-refractivity contribution in [2.75, 3.05) is 11.4 Å². The number of hydrogen-bond donors (Lipinski definition) is 1. The molecule has 0 saturated carbocycles. The Bertz CT molecular complexity index is 1440. The molecular formula is C25H26F3N4O3PS. The van der Waals surface area contributed by atoms with Gasteiger partial charge in [0.25, 0.3) is 15.9 Å². The minimum Gasteiger partial charge on any atom is -0.351 e. The molecule has 12 heteroatoms. The molecule has 1 N–H and O–H groups in total. The van der Waals surface area contributed by atoms with Gasteiger partial charge in [-0.3, -0.25) is 9.78 Å². The summed E-state index contributed by atoms with van der Waals surface area (Å²) < 4.78 is 67.0. The van der Waals surface area contributed by atoms with Crippen LogP contribution in [-0.2, 0) is 16.2 Å². The molecule has 1 aliphatic heterocycles. The second-order valence-electron chi connectivity index (χ2n) is 9.70. The topological polar surface area (TPSA) is 92.3 Å². The van der Waals surface area contributed by atoms with Gasteiger partial charge in [-0.25, -0.2) is 18.1 Å². The largest absolute Gasteiger partial charge is 0.416 e. The van der Waals surface area contributed by atoms with Gasteiger partial charge in [-0.15, -0.1) is 0 Å². The van der Waals surface area contributed by atoms with Crippen molar-refractivity contribution in [3.8, 4) is 11.3 Å². The SMILES string of the molecule is C[C@@H]1CN(c2nc(-c3ccc(C(F)(F)F)cc3)ccc2C(=O)NS(=O)(=O)c2cccnc2P)C(C)(C)C1. The Balaban J connectivity index is 1.77. The highest BCUT2D eigenvalue weighted by Gasteiger charge is 2.39. The fourth-order valence-corrected chi connectivity index (χ4v) is 6.34. The molecule has 1 unspecified atom stereocenters. The Hall–Kier alpha value is -3.04. The van der Waals surface area contributed by atoms with Crippen molar-refractivity contribution in [1.82, 2.24) is 14.7 Å².